The summed E-state index contributed by atoms with van der Waals surface area (Å²) in [5.41, 5.74) is 5.11. The lowest BCUT2D eigenvalue weighted by Crippen LogP contribution is -1.97. The summed E-state index contributed by atoms with van der Waals surface area (Å²) >= 11 is 0. The van der Waals surface area contributed by atoms with Crippen LogP contribution in [0, 0.1) is 5.41 Å². The fraction of sp³-hybridized carbons (Fsp3) is 0.857. The maximum Gasteiger partial charge on any atom is 0.469 e. The molecule has 92 valence electrons. The molecule has 0 spiro atoms. The van der Waals surface area contributed by atoms with Gasteiger partial charge in [-0.3, -0.25) is 4.52 Å². The Morgan fingerprint density at radius 2 is 2.00 bits per heavy atom. The van der Waals surface area contributed by atoms with E-state index < -0.39 is 7.82 Å². The number of unbranched alkanes of at least 4 members (excludes halogenated alkanes) is 1. The molecule has 0 aromatic rings. The second-order valence-corrected chi connectivity index (χ2v) is 3.78. The Bertz CT molecular complexity index is 184. The zero-order valence-electron chi connectivity index (χ0n) is 8.50. The molecule has 0 bridgehead atoms. The topological polar surface area (TPSA) is 137 Å². The van der Waals surface area contributed by atoms with Gasteiger partial charge < -0.3 is 26.0 Å². The lowest BCUT2D eigenvalue weighted by atomic mass is 10.3. The summed E-state index contributed by atoms with van der Waals surface area (Å²) in [7, 11) is -4.31. The average molecular weight is 242 g/mol. The third-order valence-corrected chi connectivity index (χ3v) is 1.63. The van der Waals surface area contributed by atoms with Gasteiger partial charge in [0.25, 0.3) is 0 Å². The molecule has 0 amide bonds. The van der Waals surface area contributed by atoms with Crippen molar-refractivity contribution in [3.05, 3.63) is 0 Å². The van der Waals surface area contributed by atoms with Crippen LogP contribution in [0.3, 0.4) is 0 Å². The van der Waals surface area contributed by atoms with Crippen LogP contribution in [-0.2, 0) is 9.09 Å². The van der Waals surface area contributed by atoms with E-state index in [4.69, 9.17) is 26.0 Å². The summed E-state index contributed by atoms with van der Waals surface area (Å²) in [5.74, 6) is 0. The van der Waals surface area contributed by atoms with Gasteiger partial charge in [-0.25, -0.2) is 4.57 Å². The van der Waals surface area contributed by atoms with Gasteiger partial charge in [-0.05, 0) is 32.0 Å². The fourth-order valence-electron chi connectivity index (χ4n) is 0.468. The SMILES string of the molecule is N=CCCCN.O=P(O)(O)OCCCO. The largest absolute Gasteiger partial charge is 0.469 e. The van der Waals surface area contributed by atoms with Crippen LogP contribution in [0.25, 0.3) is 0 Å². The van der Waals surface area contributed by atoms with Crippen LogP contribution >= 0.6 is 7.82 Å². The Kier molecular flexibility index (Phi) is 13.4. The van der Waals surface area contributed by atoms with Gasteiger partial charge in [-0.2, -0.15) is 0 Å². The molecular formula is C7H19N2O5P. The molecular weight excluding hydrogens is 223 g/mol. The first-order chi connectivity index (χ1) is 6.97. The number of hydrogen-bond acceptors (Lipinski definition) is 5. The van der Waals surface area contributed by atoms with E-state index in [0.29, 0.717) is 6.54 Å². The number of rotatable bonds is 7. The lowest BCUT2D eigenvalue weighted by Gasteiger charge is -2.01. The van der Waals surface area contributed by atoms with Crippen LogP contribution in [0.5, 0.6) is 0 Å². The van der Waals surface area contributed by atoms with Crippen molar-refractivity contribution in [2.75, 3.05) is 19.8 Å². The van der Waals surface area contributed by atoms with Crippen LogP contribution in [0.2, 0.25) is 0 Å². The van der Waals surface area contributed by atoms with E-state index in [-0.39, 0.29) is 19.6 Å². The molecule has 0 atom stereocenters. The molecule has 0 aliphatic rings. The molecule has 7 nitrogen and oxygen atoms in total. The Balaban J connectivity index is 0. The maximum atomic E-state index is 9.90. The molecule has 0 fully saturated rings. The van der Waals surface area contributed by atoms with Crippen LogP contribution in [0.1, 0.15) is 19.3 Å². The molecule has 0 rings (SSSR count). The highest BCUT2D eigenvalue weighted by atomic mass is 31.2. The quantitative estimate of drug-likeness (QED) is 0.239. The van der Waals surface area contributed by atoms with E-state index >= 15 is 0 Å². The van der Waals surface area contributed by atoms with Crippen LogP contribution in [0.15, 0.2) is 0 Å². The van der Waals surface area contributed by atoms with Gasteiger partial charge in [-0.1, -0.05) is 0 Å². The van der Waals surface area contributed by atoms with E-state index in [1.807, 2.05) is 0 Å². The van der Waals surface area contributed by atoms with Crippen LogP contribution in [0.4, 0.5) is 0 Å². The predicted molar refractivity (Wildman–Crippen MR) is 56.8 cm³/mol. The first-order valence-electron chi connectivity index (χ1n) is 4.48. The highest BCUT2D eigenvalue weighted by Crippen LogP contribution is 2.35. The molecule has 6 N–H and O–H groups in total. The predicted octanol–water partition coefficient (Wildman–Crippen LogP) is -0.147. The van der Waals surface area contributed by atoms with Crippen molar-refractivity contribution < 1.29 is 24.0 Å². The zero-order valence-corrected chi connectivity index (χ0v) is 9.40. The second-order valence-electron chi connectivity index (χ2n) is 2.54. The van der Waals surface area contributed by atoms with Gasteiger partial charge in [0.2, 0.25) is 0 Å². The van der Waals surface area contributed by atoms with E-state index in [9.17, 15) is 4.57 Å². The number of aliphatic hydroxyl groups is 1. The highest BCUT2D eigenvalue weighted by molar-refractivity contribution is 7.46. The van der Waals surface area contributed by atoms with Crippen molar-refractivity contribution in [2.45, 2.75) is 19.3 Å². The van der Waals surface area contributed by atoms with Gasteiger partial charge in [0, 0.05) is 6.61 Å². The van der Waals surface area contributed by atoms with E-state index in [2.05, 4.69) is 4.52 Å². The highest BCUT2D eigenvalue weighted by Gasteiger charge is 2.11. The number of phosphoric ester groups is 1. The summed E-state index contributed by atoms with van der Waals surface area (Å²) in [6, 6.07) is 0. The average Bonchev–Trinajstić information content (AvgIpc) is 2.14. The van der Waals surface area contributed by atoms with Crippen LogP contribution in [-0.4, -0.2) is 40.9 Å². The molecule has 0 unspecified atom stereocenters. The molecule has 0 heterocycles. The molecule has 0 radical (unpaired) electrons. The molecule has 0 aliphatic carbocycles. The van der Waals surface area contributed by atoms with Crippen molar-refractivity contribution in [3.8, 4) is 0 Å². The van der Waals surface area contributed by atoms with Gasteiger partial charge in [-0.15, -0.1) is 0 Å². The minimum atomic E-state index is -4.31. The van der Waals surface area contributed by atoms with E-state index in [1.54, 1.807) is 0 Å². The molecule has 15 heavy (non-hydrogen) atoms. The molecule has 8 heteroatoms. The summed E-state index contributed by atoms with van der Waals surface area (Å²) in [4.78, 5) is 16.1. The van der Waals surface area contributed by atoms with Crippen molar-refractivity contribution in [3.63, 3.8) is 0 Å². The fourth-order valence-corrected chi connectivity index (χ4v) is 0.835. The monoisotopic (exact) mass is 242 g/mol. The number of nitrogens with two attached hydrogens (primary N) is 1. The molecule has 0 aromatic heterocycles. The summed E-state index contributed by atoms with van der Waals surface area (Å²) in [5, 5.41) is 14.7. The Hall–Kier alpha value is -0.300. The minimum Gasteiger partial charge on any atom is -0.396 e. The number of nitrogens with one attached hydrogen (secondary N) is 1. The number of aliphatic hydroxyl groups excluding tert-OH is 1. The second kappa shape index (κ2) is 11.8. The third kappa shape index (κ3) is 24.8. The first kappa shape index (κ1) is 17.1. The number of phosphoric acid groups is 1. The Labute approximate surface area is 89.0 Å². The normalized spacial score (nSPS) is 10.4. The van der Waals surface area contributed by atoms with Gasteiger partial charge in [0.1, 0.15) is 0 Å². The van der Waals surface area contributed by atoms with E-state index in [0.717, 1.165) is 12.8 Å². The molecule has 0 aromatic carbocycles. The minimum absolute atomic E-state index is 0.110. The Morgan fingerprint density at radius 1 is 1.40 bits per heavy atom. The van der Waals surface area contributed by atoms with Gasteiger partial charge in [0.15, 0.2) is 0 Å². The maximum absolute atomic E-state index is 9.90. The summed E-state index contributed by atoms with van der Waals surface area (Å²) in [6.45, 7) is 0.468. The van der Waals surface area contributed by atoms with Crippen molar-refractivity contribution in [1.29, 1.82) is 5.41 Å². The van der Waals surface area contributed by atoms with Crippen molar-refractivity contribution in [2.24, 2.45) is 5.73 Å². The lowest BCUT2D eigenvalue weighted by molar-refractivity contribution is 0.176. The Morgan fingerprint density at radius 3 is 2.27 bits per heavy atom. The molecule has 0 aliphatic heterocycles. The van der Waals surface area contributed by atoms with E-state index in [1.165, 1.54) is 6.21 Å². The standard InChI is InChI=1S/C4H10N2.C3H9O5P/c5-3-1-2-4-6;4-2-1-3-8-9(5,6)7/h3,5H,1-2,4,6H2;4H,1-3H2,(H2,5,6,7). The molecule has 0 saturated heterocycles. The van der Waals surface area contributed by atoms with Gasteiger partial charge in [0.05, 0.1) is 6.61 Å². The third-order valence-electron chi connectivity index (χ3n) is 1.11. The summed E-state index contributed by atoms with van der Waals surface area (Å²) in [6.07, 6.45) is 3.40. The molecule has 0 saturated carbocycles. The zero-order chi connectivity index (χ0) is 12.2. The van der Waals surface area contributed by atoms with Crippen molar-refractivity contribution in [1.82, 2.24) is 0 Å². The summed E-state index contributed by atoms with van der Waals surface area (Å²) < 4.78 is 13.9. The van der Waals surface area contributed by atoms with Gasteiger partial charge >= 0.3 is 7.82 Å². The van der Waals surface area contributed by atoms with Crippen molar-refractivity contribution >= 4 is 14.0 Å². The van der Waals surface area contributed by atoms with Crippen LogP contribution < -0.4 is 5.73 Å². The smallest absolute Gasteiger partial charge is 0.396 e. The number of hydrogen-bond donors (Lipinski definition) is 5. The first-order valence-corrected chi connectivity index (χ1v) is 6.01.